The van der Waals surface area contributed by atoms with Gasteiger partial charge in [-0.15, -0.1) is 0 Å². The number of halogens is 5. The zero-order valence-electron chi connectivity index (χ0n) is 20.6. The maximum Gasteiger partial charge on any atom is 0.306 e. The predicted molar refractivity (Wildman–Crippen MR) is 131 cm³/mol. The van der Waals surface area contributed by atoms with Crippen LogP contribution in [0.2, 0.25) is 0 Å². The minimum atomic E-state index is -2.29. The van der Waals surface area contributed by atoms with Crippen LogP contribution in [0.15, 0.2) is 48.5 Å². The van der Waals surface area contributed by atoms with E-state index in [0.717, 1.165) is 28.7 Å². The van der Waals surface area contributed by atoms with Gasteiger partial charge in [0.15, 0.2) is 23.3 Å². The summed E-state index contributed by atoms with van der Waals surface area (Å²) in [6.07, 6.45) is -0.123. The van der Waals surface area contributed by atoms with Crippen molar-refractivity contribution < 1.29 is 36.3 Å². The summed E-state index contributed by atoms with van der Waals surface area (Å²) in [5.74, 6) is -13.8. The first-order chi connectivity index (χ1) is 18.2. The van der Waals surface area contributed by atoms with E-state index in [0.29, 0.717) is 6.42 Å². The number of ether oxygens (including phenoxy) is 1. The van der Waals surface area contributed by atoms with Crippen LogP contribution in [0.5, 0.6) is 0 Å². The SMILES string of the molecule is CCCCNC(=O)C(CC(=O)OCC1c2ccccc2-c2ccccc21)Cc1c(F)c(F)c(F)c(F)c1F. The summed E-state index contributed by atoms with van der Waals surface area (Å²) < 4.78 is 75.2. The minimum Gasteiger partial charge on any atom is -0.465 e. The number of amides is 1. The minimum absolute atomic E-state index is 0.0421. The molecule has 0 fully saturated rings. The van der Waals surface area contributed by atoms with Gasteiger partial charge in [-0.25, -0.2) is 22.0 Å². The van der Waals surface area contributed by atoms with E-state index in [2.05, 4.69) is 5.32 Å². The van der Waals surface area contributed by atoms with Crippen LogP contribution in [0.25, 0.3) is 11.1 Å². The first kappa shape index (κ1) is 27.3. The molecule has 0 spiro atoms. The molecule has 0 heterocycles. The number of fused-ring (bicyclic) bond motifs is 3. The molecule has 1 unspecified atom stereocenters. The van der Waals surface area contributed by atoms with Crippen molar-refractivity contribution in [3.05, 3.63) is 94.3 Å². The van der Waals surface area contributed by atoms with Crippen LogP contribution in [0.1, 0.15) is 48.8 Å². The fraction of sp³-hybridized carbons (Fsp3) is 0.310. The Morgan fingerprint density at radius 3 is 1.92 bits per heavy atom. The number of rotatable bonds is 10. The van der Waals surface area contributed by atoms with Gasteiger partial charge < -0.3 is 10.1 Å². The lowest BCUT2D eigenvalue weighted by Gasteiger charge is -2.19. The van der Waals surface area contributed by atoms with Crippen molar-refractivity contribution in [2.24, 2.45) is 5.92 Å². The molecule has 3 aromatic rings. The fourth-order valence-electron chi connectivity index (χ4n) is 4.74. The van der Waals surface area contributed by atoms with Gasteiger partial charge in [-0.3, -0.25) is 9.59 Å². The zero-order valence-corrected chi connectivity index (χ0v) is 20.6. The second-order valence-electron chi connectivity index (χ2n) is 9.21. The molecule has 1 aliphatic carbocycles. The molecule has 0 saturated carbocycles. The molecule has 0 aromatic heterocycles. The van der Waals surface area contributed by atoms with E-state index in [9.17, 15) is 31.5 Å². The average Bonchev–Trinajstić information content (AvgIpc) is 3.25. The van der Waals surface area contributed by atoms with E-state index in [1.54, 1.807) is 0 Å². The van der Waals surface area contributed by atoms with Gasteiger partial charge in [0, 0.05) is 18.0 Å². The van der Waals surface area contributed by atoms with Crippen molar-refractivity contribution in [3.8, 4) is 11.1 Å². The highest BCUT2D eigenvalue weighted by molar-refractivity contribution is 5.84. The molecule has 1 atom stereocenters. The van der Waals surface area contributed by atoms with Crippen LogP contribution in [0.4, 0.5) is 22.0 Å². The summed E-state index contributed by atoms with van der Waals surface area (Å²) in [4.78, 5) is 25.6. The Bertz CT molecular complexity index is 1290. The summed E-state index contributed by atoms with van der Waals surface area (Å²) in [5, 5.41) is 2.56. The maximum atomic E-state index is 14.3. The molecule has 38 heavy (non-hydrogen) atoms. The normalized spacial score (nSPS) is 13.1. The van der Waals surface area contributed by atoms with Crippen molar-refractivity contribution in [1.82, 2.24) is 5.32 Å². The van der Waals surface area contributed by atoms with Crippen LogP contribution in [-0.2, 0) is 20.7 Å². The Morgan fingerprint density at radius 2 is 1.37 bits per heavy atom. The van der Waals surface area contributed by atoms with Crippen LogP contribution >= 0.6 is 0 Å². The Kier molecular flexibility index (Phi) is 8.44. The summed E-state index contributed by atoms with van der Waals surface area (Å²) in [5.41, 5.74) is 2.82. The first-order valence-corrected chi connectivity index (χ1v) is 12.4. The van der Waals surface area contributed by atoms with Crippen molar-refractivity contribution in [3.63, 3.8) is 0 Å². The molecule has 1 amide bonds. The number of carbonyl (C=O) groups excluding carboxylic acids is 2. The lowest BCUT2D eigenvalue weighted by atomic mass is 9.94. The summed E-state index contributed by atoms with van der Waals surface area (Å²) >= 11 is 0. The molecule has 4 nitrogen and oxygen atoms in total. The van der Waals surface area contributed by atoms with E-state index >= 15 is 0 Å². The zero-order chi connectivity index (χ0) is 27.4. The third kappa shape index (κ3) is 5.42. The highest BCUT2D eigenvalue weighted by Crippen LogP contribution is 2.44. The van der Waals surface area contributed by atoms with Crippen LogP contribution in [0.3, 0.4) is 0 Å². The van der Waals surface area contributed by atoms with Gasteiger partial charge in [-0.05, 0) is 35.1 Å². The van der Waals surface area contributed by atoms with Gasteiger partial charge >= 0.3 is 5.97 Å². The van der Waals surface area contributed by atoms with Gasteiger partial charge in [0.1, 0.15) is 6.61 Å². The summed E-state index contributed by atoms with van der Waals surface area (Å²) in [6, 6.07) is 15.4. The lowest BCUT2D eigenvalue weighted by molar-refractivity contribution is -0.147. The average molecular weight is 532 g/mol. The lowest BCUT2D eigenvalue weighted by Crippen LogP contribution is -2.35. The molecular weight excluding hydrogens is 505 g/mol. The fourth-order valence-corrected chi connectivity index (χ4v) is 4.74. The smallest absolute Gasteiger partial charge is 0.306 e. The highest BCUT2D eigenvalue weighted by atomic mass is 19.2. The number of nitrogens with one attached hydrogen (secondary N) is 1. The van der Waals surface area contributed by atoms with Gasteiger partial charge in [0.05, 0.1) is 12.3 Å². The quantitative estimate of drug-likeness (QED) is 0.111. The third-order valence-corrected chi connectivity index (χ3v) is 6.74. The second-order valence-corrected chi connectivity index (χ2v) is 9.21. The monoisotopic (exact) mass is 531 g/mol. The molecule has 1 aliphatic rings. The molecule has 1 N–H and O–H groups in total. The number of esters is 1. The number of hydrogen-bond acceptors (Lipinski definition) is 3. The number of carbonyl (C=O) groups is 2. The maximum absolute atomic E-state index is 14.3. The molecule has 200 valence electrons. The summed E-state index contributed by atoms with van der Waals surface area (Å²) in [7, 11) is 0. The van der Waals surface area contributed by atoms with Crippen molar-refractivity contribution in [2.45, 2.75) is 38.5 Å². The molecule has 0 aliphatic heterocycles. The number of benzene rings is 3. The van der Waals surface area contributed by atoms with Crippen LogP contribution < -0.4 is 5.32 Å². The van der Waals surface area contributed by atoms with Gasteiger partial charge in [-0.2, -0.15) is 0 Å². The Hall–Kier alpha value is -3.75. The number of unbranched alkanes of at least 4 members (excludes halogenated alkanes) is 1. The van der Waals surface area contributed by atoms with E-state index in [-0.39, 0.29) is 19.1 Å². The molecule has 4 rings (SSSR count). The highest BCUT2D eigenvalue weighted by Gasteiger charge is 2.32. The molecule has 0 bridgehead atoms. The van der Waals surface area contributed by atoms with Crippen molar-refractivity contribution in [1.29, 1.82) is 0 Å². The predicted octanol–water partition coefficient (Wildman–Crippen LogP) is 6.20. The first-order valence-electron chi connectivity index (χ1n) is 12.4. The van der Waals surface area contributed by atoms with E-state index < -0.39 is 65.3 Å². The molecular formula is C29H26F5NO3. The third-order valence-electron chi connectivity index (χ3n) is 6.74. The second kappa shape index (κ2) is 11.8. The topological polar surface area (TPSA) is 55.4 Å². The molecule has 3 aromatic carbocycles. The standard InChI is InChI=1S/C29H26F5NO3/c1-2-3-12-35-29(37)16(13-21-24(30)26(32)28(34)27(33)25(21)31)14-23(36)38-15-22-19-10-6-4-8-17(19)18-9-5-7-11-20(18)22/h4-11,16,22H,2-3,12-15H2,1H3,(H,35,37). The van der Waals surface area contributed by atoms with Gasteiger partial charge in [0.25, 0.3) is 0 Å². The van der Waals surface area contributed by atoms with E-state index in [4.69, 9.17) is 4.74 Å². The number of hydrogen-bond donors (Lipinski definition) is 1. The largest absolute Gasteiger partial charge is 0.465 e. The van der Waals surface area contributed by atoms with Crippen LogP contribution in [-0.4, -0.2) is 25.0 Å². The van der Waals surface area contributed by atoms with Crippen molar-refractivity contribution in [2.75, 3.05) is 13.2 Å². The Labute approximate surface area is 216 Å². The summed E-state index contributed by atoms with van der Waals surface area (Å²) in [6.45, 7) is 2.07. The Morgan fingerprint density at radius 1 is 0.842 bits per heavy atom. The van der Waals surface area contributed by atoms with Crippen molar-refractivity contribution >= 4 is 11.9 Å². The molecule has 0 saturated heterocycles. The van der Waals surface area contributed by atoms with Crippen LogP contribution in [0, 0.1) is 35.0 Å². The van der Waals surface area contributed by atoms with Gasteiger partial charge in [-0.1, -0.05) is 61.9 Å². The van der Waals surface area contributed by atoms with E-state index in [1.165, 1.54) is 0 Å². The molecule has 0 radical (unpaired) electrons. The van der Waals surface area contributed by atoms with E-state index in [1.807, 2.05) is 55.5 Å². The molecule has 9 heteroatoms. The van der Waals surface area contributed by atoms with Gasteiger partial charge in [0.2, 0.25) is 11.7 Å². The Balaban J connectivity index is 1.52.